The summed E-state index contributed by atoms with van der Waals surface area (Å²) in [5.41, 5.74) is 5.75. The molecule has 24 heavy (non-hydrogen) atoms. The number of methoxy groups -OCH3 is 1. The molecule has 0 aromatic heterocycles. The lowest BCUT2D eigenvalue weighted by atomic mass is 10.3. The molecule has 140 valence electrons. The number of nitrogens with zero attached hydrogens (tertiary/aromatic N) is 1. The highest BCUT2D eigenvalue weighted by Gasteiger charge is 2.28. The lowest BCUT2D eigenvalue weighted by molar-refractivity contribution is 0.380. The van der Waals surface area contributed by atoms with E-state index in [1.54, 1.807) is 6.92 Å². The smallest absolute Gasteiger partial charge is 0.246 e. The summed E-state index contributed by atoms with van der Waals surface area (Å²) in [6, 6.07) is 3.63. The van der Waals surface area contributed by atoms with Gasteiger partial charge >= 0.3 is 0 Å². The van der Waals surface area contributed by atoms with Crippen LogP contribution >= 0.6 is 12.4 Å². The number of likely N-dealkylation sites (N-methyl/N-ethyl adjacent to an activating group) is 1. The summed E-state index contributed by atoms with van der Waals surface area (Å²) in [6.07, 6.45) is 0. The molecule has 0 aliphatic carbocycles. The number of anilines is 1. The third kappa shape index (κ3) is 5.21. The number of hydrogen-bond donors (Lipinski definition) is 2. The number of nitrogens with two attached hydrogens (primary N) is 1. The van der Waals surface area contributed by atoms with Gasteiger partial charge in [-0.05, 0) is 26.0 Å². The number of nitrogens with one attached hydrogen (secondary N) is 1. The molecule has 0 amide bonds. The highest BCUT2D eigenvalue weighted by atomic mass is 35.5. The first-order chi connectivity index (χ1) is 10.6. The van der Waals surface area contributed by atoms with Crippen LogP contribution in [0.25, 0.3) is 0 Å². The average Bonchev–Trinajstić information content (AvgIpc) is 2.52. The number of halogens is 1. The second kappa shape index (κ2) is 8.86. The minimum absolute atomic E-state index is 0. The maximum absolute atomic E-state index is 12.6. The van der Waals surface area contributed by atoms with E-state index in [9.17, 15) is 16.8 Å². The van der Waals surface area contributed by atoms with Crippen LogP contribution in [0.3, 0.4) is 0 Å². The summed E-state index contributed by atoms with van der Waals surface area (Å²) < 4.78 is 57.0. The van der Waals surface area contributed by atoms with Gasteiger partial charge in [-0.3, -0.25) is 4.72 Å². The van der Waals surface area contributed by atoms with Gasteiger partial charge in [-0.1, -0.05) is 0 Å². The molecule has 0 bridgehead atoms. The van der Waals surface area contributed by atoms with Crippen molar-refractivity contribution in [2.45, 2.75) is 24.8 Å². The predicted octanol–water partition coefficient (Wildman–Crippen LogP) is 0.846. The van der Waals surface area contributed by atoms with E-state index < -0.39 is 20.0 Å². The van der Waals surface area contributed by atoms with E-state index in [4.69, 9.17) is 10.5 Å². The van der Waals surface area contributed by atoms with Crippen LogP contribution in [0, 0.1) is 0 Å². The number of hydrogen-bond acceptors (Lipinski definition) is 6. The average molecular weight is 402 g/mol. The van der Waals surface area contributed by atoms with E-state index in [1.807, 2.05) is 0 Å². The van der Waals surface area contributed by atoms with E-state index in [-0.39, 0.29) is 47.1 Å². The summed E-state index contributed by atoms with van der Waals surface area (Å²) in [5.74, 6) is -0.0380. The molecule has 11 heteroatoms. The molecule has 1 atom stereocenters. The Morgan fingerprint density at radius 3 is 2.33 bits per heavy atom. The van der Waals surface area contributed by atoms with Crippen LogP contribution in [0.4, 0.5) is 5.69 Å². The molecule has 0 saturated heterocycles. The Kier molecular flexibility index (Phi) is 8.46. The Hall–Kier alpha value is -1.07. The molecule has 0 heterocycles. The number of benzene rings is 1. The molecule has 1 unspecified atom stereocenters. The molecule has 0 saturated carbocycles. The Balaban J connectivity index is 0.00000529. The monoisotopic (exact) mass is 401 g/mol. The highest BCUT2D eigenvalue weighted by molar-refractivity contribution is 7.92. The highest BCUT2D eigenvalue weighted by Crippen LogP contribution is 2.30. The maximum atomic E-state index is 12.6. The van der Waals surface area contributed by atoms with Gasteiger partial charge in [0.25, 0.3) is 0 Å². The van der Waals surface area contributed by atoms with Gasteiger partial charge in [-0.2, -0.15) is 4.31 Å². The van der Waals surface area contributed by atoms with E-state index in [1.165, 1.54) is 39.3 Å². The molecule has 8 nitrogen and oxygen atoms in total. The predicted molar refractivity (Wildman–Crippen MR) is 96.8 cm³/mol. The molecular weight excluding hydrogens is 378 g/mol. The lowest BCUT2D eigenvalue weighted by Crippen LogP contribution is -2.39. The van der Waals surface area contributed by atoms with Crippen molar-refractivity contribution < 1.29 is 21.6 Å². The minimum atomic E-state index is -3.81. The van der Waals surface area contributed by atoms with Crippen LogP contribution in [-0.4, -0.2) is 53.6 Å². The van der Waals surface area contributed by atoms with Crippen molar-refractivity contribution in [1.29, 1.82) is 0 Å². The maximum Gasteiger partial charge on any atom is 0.246 e. The van der Waals surface area contributed by atoms with Gasteiger partial charge in [0.05, 0.1) is 18.6 Å². The van der Waals surface area contributed by atoms with Gasteiger partial charge in [0.15, 0.2) is 0 Å². The Morgan fingerprint density at radius 1 is 1.29 bits per heavy atom. The van der Waals surface area contributed by atoms with Gasteiger partial charge in [0, 0.05) is 25.7 Å². The molecular formula is C13H24ClN3O5S2. The molecule has 0 aliphatic rings. The zero-order chi connectivity index (χ0) is 17.8. The lowest BCUT2D eigenvalue weighted by Gasteiger charge is -2.24. The van der Waals surface area contributed by atoms with Gasteiger partial charge in [-0.15, -0.1) is 12.4 Å². The first kappa shape index (κ1) is 22.9. The van der Waals surface area contributed by atoms with Crippen LogP contribution < -0.4 is 15.2 Å². The first-order valence-electron chi connectivity index (χ1n) is 6.95. The fourth-order valence-electron chi connectivity index (χ4n) is 1.74. The van der Waals surface area contributed by atoms with Crippen molar-refractivity contribution >= 4 is 38.1 Å². The van der Waals surface area contributed by atoms with Crippen LogP contribution in [0.1, 0.15) is 13.8 Å². The zero-order valence-corrected chi connectivity index (χ0v) is 16.5. The SMILES string of the molecule is CCS(=O)(=O)Nc1ccc(S(=O)(=O)N(C)C(C)CN)c(OC)c1.Cl. The second-order valence-corrected chi connectivity index (χ2v) is 8.95. The van der Waals surface area contributed by atoms with Gasteiger partial charge in [0.2, 0.25) is 20.0 Å². The number of sulfonamides is 2. The van der Waals surface area contributed by atoms with Crippen molar-refractivity contribution in [2.75, 3.05) is 31.2 Å². The summed E-state index contributed by atoms with van der Waals surface area (Å²) in [4.78, 5) is -0.0535. The van der Waals surface area contributed by atoms with E-state index >= 15 is 0 Å². The normalized spacial score (nSPS) is 13.2. The van der Waals surface area contributed by atoms with Crippen molar-refractivity contribution in [3.63, 3.8) is 0 Å². The molecule has 3 N–H and O–H groups in total. The second-order valence-electron chi connectivity index (χ2n) is 4.98. The first-order valence-corrected chi connectivity index (χ1v) is 10.0. The largest absolute Gasteiger partial charge is 0.495 e. The fraction of sp³-hybridized carbons (Fsp3) is 0.538. The molecule has 1 aromatic rings. The van der Waals surface area contributed by atoms with Crippen molar-refractivity contribution in [1.82, 2.24) is 4.31 Å². The standard InChI is InChI=1S/C13H23N3O5S2.ClH/c1-5-22(17,18)15-11-6-7-13(12(8-11)21-4)23(19,20)16(3)10(2)9-14;/h6-8,10,15H,5,9,14H2,1-4H3;1H. The van der Waals surface area contributed by atoms with Gasteiger partial charge in [0.1, 0.15) is 10.6 Å². The zero-order valence-electron chi connectivity index (χ0n) is 14.0. The van der Waals surface area contributed by atoms with E-state index in [2.05, 4.69) is 4.72 Å². The van der Waals surface area contributed by atoms with Gasteiger partial charge < -0.3 is 10.5 Å². The molecule has 0 radical (unpaired) electrons. The third-order valence-electron chi connectivity index (χ3n) is 3.44. The Labute approximate surface area is 149 Å². The van der Waals surface area contributed by atoms with Crippen LogP contribution in [-0.2, 0) is 20.0 Å². The third-order valence-corrected chi connectivity index (χ3v) is 6.75. The minimum Gasteiger partial charge on any atom is -0.495 e. The fourth-order valence-corrected chi connectivity index (χ4v) is 3.87. The summed E-state index contributed by atoms with van der Waals surface area (Å²) in [5, 5.41) is 0. The van der Waals surface area contributed by atoms with Crippen LogP contribution in [0.15, 0.2) is 23.1 Å². The molecule has 1 aromatic carbocycles. The van der Waals surface area contributed by atoms with Crippen molar-refractivity contribution in [2.24, 2.45) is 5.73 Å². The quantitative estimate of drug-likeness (QED) is 0.666. The summed E-state index contributed by atoms with van der Waals surface area (Å²) in [6.45, 7) is 3.36. The van der Waals surface area contributed by atoms with E-state index in [0.29, 0.717) is 0 Å². The number of ether oxygens (including phenoxy) is 1. The van der Waals surface area contributed by atoms with E-state index in [0.717, 1.165) is 4.31 Å². The van der Waals surface area contributed by atoms with Crippen molar-refractivity contribution in [3.8, 4) is 5.75 Å². The molecule has 0 aliphatic heterocycles. The Bertz CT molecular complexity index is 753. The molecule has 0 spiro atoms. The van der Waals surface area contributed by atoms with Crippen LogP contribution in [0.2, 0.25) is 0 Å². The Morgan fingerprint density at radius 2 is 1.88 bits per heavy atom. The van der Waals surface area contributed by atoms with Gasteiger partial charge in [-0.25, -0.2) is 16.8 Å². The molecule has 1 rings (SSSR count). The summed E-state index contributed by atoms with van der Waals surface area (Å²) >= 11 is 0. The molecule has 0 fully saturated rings. The number of rotatable bonds is 8. The van der Waals surface area contributed by atoms with Crippen LogP contribution in [0.5, 0.6) is 5.75 Å². The van der Waals surface area contributed by atoms with Crippen molar-refractivity contribution in [3.05, 3.63) is 18.2 Å². The summed E-state index contributed by atoms with van der Waals surface area (Å²) in [7, 11) is -4.52. The topological polar surface area (TPSA) is 119 Å².